The summed E-state index contributed by atoms with van der Waals surface area (Å²) in [6, 6.07) is 1.82. The van der Waals surface area contributed by atoms with Crippen LogP contribution in [0.4, 0.5) is 11.9 Å². The number of thiazole rings is 1. The van der Waals surface area contributed by atoms with Crippen LogP contribution in [0.3, 0.4) is 0 Å². The molecule has 2 fully saturated rings. The zero-order valence-electron chi connectivity index (χ0n) is 19.9. The number of anilines is 2. The average Bonchev–Trinajstić information content (AvgIpc) is 3.21. The normalized spacial score (nSPS) is 17.8. The molecule has 0 spiro atoms. The number of rotatable bonds is 7. The summed E-state index contributed by atoms with van der Waals surface area (Å²) in [7, 11) is 0. The molecule has 35 heavy (non-hydrogen) atoms. The van der Waals surface area contributed by atoms with Gasteiger partial charge in [0.1, 0.15) is 0 Å². The first-order chi connectivity index (χ1) is 17.1. The molecule has 0 aliphatic carbocycles. The van der Waals surface area contributed by atoms with Crippen LogP contribution in [0.2, 0.25) is 0 Å². The second kappa shape index (κ2) is 11.1. The largest absolute Gasteiger partial charge is 0.341 e. The molecule has 0 saturated carbocycles. The van der Waals surface area contributed by atoms with Crippen LogP contribution in [0.25, 0.3) is 12.7 Å². The topological polar surface area (TPSA) is 103 Å². The fourth-order valence-corrected chi connectivity index (χ4v) is 5.40. The first kappa shape index (κ1) is 23.6. The first-order valence-electron chi connectivity index (χ1n) is 12.4. The van der Waals surface area contributed by atoms with Crippen LogP contribution in [-0.2, 0) is 6.54 Å². The summed E-state index contributed by atoms with van der Waals surface area (Å²) in [4.78, 5) is 37.5. The molecule has 3 aromatic heterocycles. The molecule has 0 atom stereocenters. The third-order valence-corrected chi connectivity index (χ3v) is 7.51. The zero-order chi connectivity index (χ0) is 24.0. The number of aromatic amines is 1. The Balaban J connectivity index is 1.09. The quantitative estimate of drug-likeness (QED) is 0.508. The Hall–Kier alpha value is -3.11. The van der Waals surface area contributed by atoms with Gasteiger partial charge in [-0.05, 0) is 56.7 Å². The van der Waals surface area contributed by atoms with Crippen molar-refractivity contribution in [2.24, 2.45) is 5.92 Å². The number of aromatic nitrogens is 5. The highest BCUT2D eigenvalue weighted by atomic mass is 32.1. The molecule has 5 rings (SSSR count). The fraction of sp³-hybridized carbons (Fsp3) is 0.480. The van der Waals surface area contributed by atoms with Crippen LogP contribution in [0.1, 0.15) is 43.4 Å². The molecule has 2 aliphatic heterocycles. The summed E-state index contributed by atoms with van der Waals surface area (Å²) in [5.74, 6) is 2.20. The van der Waals surface area contributed by atoms with Crippen LogP contribution < -0.4 is 29.9 Å². The summed E-state index contributed by atoms with van der Waals surface area (Å²) >= 11 is 1.34. The van der Waals surface area contributed by atoms with Gasteiger partial charge >= 0.3 is 0 Å². The highest BCUT2D eigenvalue weighted by Gasteiger charge is 2.21. The molecule has 2 aliphatic rings. The van der Waals surface area contributed by atoms with E-state index in [1.165, 1.54) is 30.6 Å². The monoisotopic (exact) mass is 492 g/mol. The number of piperidine rings is 2. The van der Waals surface area contributed by atoms with Crippen molar-refractivity contribution in [3.05, 3.63) is 55.5 Å². The summed E-state index contributed by atoms with van der Waals surface area (Å²) in [6.45, 7) is 9.53. The van der Waals surface area contributed by atoms with E-state index in [9.17, 15) is 4.79 Å². The van der Waals surface area contributed by atoms with Crippen molar-refractivity contribution in [3.8, 4) is 0 Å². The Kier molecular flexibility index (Phi) is 7.48. The van der Waals surface area contributed by atoms with E-state index in [4.69, 9.17) is 0 Å². The first-order valence-corrected chi connectivity index (χ1v) is 13.2. The maximum absolute atomic E-state index is 11.9. The van der Waals surface area contributed by atoms with Gasteiger partial charge in [-0.1, -0.05) is 6.58 Å². The smallest absolute Gasteiger partial charge is 0.266 e. The van der Waals surface area contributed by atoms with Crippen LogP contribution >= 0.6 is 11.3 Å². The van der Waals surface area contributed by atoms with E-state index in [-0.39, 0.29) is 5.56 Å². The minimum atomic E-state index is -0.127. The number of H-pyrrole nitrogens is 1. The van der Waals surface area contributed by atoms with Gasteiger partial charge in [-0.25, -0.2) is 19.9 Å². The van der Waals surface area contributed by atoms with E-state index < -0.39 is 0 Å². The highest BCUT2D eigenvalue weighted by molar-refractivity contribution is 7.07. The maximum atomic E-state index is 11.9. The molecule has 5 heterocycles. The fourth-order valence-electron chi connectivity index (χ4n) is 4.67. The Morgan fingerprint density at radius 1 is 1.06 bits per heavy atom. The van der Waals surface area contributed by atoms with Crippen LogP contribution in [0.15, 0.2) is 29.5 Å². The molecule has 184 valence electrons. The van der Waals surface area contributed by atoms with Crippen molar-refractivity contribution in [1.82, 2.24) is 30.2 Å². The third-order valence-electron chi connectivity index (χ3n) is 6.64. The zero-order valence-corrected chi connectivity index (χ0v) is 20.8. The number of hydrogen-bond donors (Lipinski definition) is 2. The molecule has 0 radical (unpaired) electrons. The molecule has 0 amide bonds. The molecular weight excluding hydrogens is 460 g/mol. The van der Waals surface area contributed by atoms with E-state index in [1.54, 1.807) is 12.3 Å². The molecule has 2 saturated heterocycles. The van der Waals surface area contributed by atoms with E-state index in [0.717, 1.165) is 75.3 Å². The summed E-state index contributed by atoms with van der Waals surface area (Å²) in [5, 5.41) is 3.58. The van der Waals surface area contributed by atoms with E-state index in [2.05, 4.69) is 46.6 Å². The van der Waals surface area contributed by atoms with Gasteiger partial charge in [0.15, 0.2) is 0 Å². The van der Waals surface area contributed by atoms with Crippen LogP contribution in [-0.4, -0.2) is 57.6 Å². The molecular formula is C25H32N8OS. The Bertz CT molecular complexity index is 1270. The van der Waals surface area contributed by atoms with E-state index in [1.807, 2.05) is 18.5 Å². The third kappa shape index (κ3) is 6.12. The Labute approximate surface area is 208 Å². The molecule has 0 unspecified atom stereocenters. The van der Waals surface area contributed by atoms with Crippen LogP contribution in [0, 0.1) is 5.92 Å². The predicted molar refractivity (Wildman–Crippen MR) is 140 cm³/mol. The van der Waals surface area contributed by atoms with Crippen molar-refractivity contribution in [1.29, 1.82) is 0 Å². The molecule has 9 nitrogen and oxygen atoms in total. The lowest BCUT2D eigenvalue weighted by molar-refractivity contribution is 0.380. The average molecular weight is 493 g/mol. The van der Waals surface area contributed by atoms with Crippen molar-refractivity contribution < 1.29 is 0 Å². The van der Waals surface area contributed by atoms with Crippen molar-refractivity contribution in [2.45, 2.75) is 38.6 Å². The predicted octanol–water partition coefficient (Wildman–Crippen LogP) is 1.25. The standard InChI is InChI=1S/C25H32N8OS/c1-18-30-23(34)22(35-18)13-21-5-8-27-25(31-21)33-11-6-19(7-12-33)14-26-15-20-16-28-24(29-17-20)32-9-3-2-4-10-32/h5,8,13,16-17,19,26H,1-4,6-7,9-12,14-15H2,(H,30,34)/b22-13-. The van der Waals surface area contributed by atoms with Crippen molar-refractivity contribution in [3.63, 3.8) is 0 Å². The molecule has 0 aromatic carbocycles. The minimum Gasteiger partial charge on any atom is -0.341 e. The molecule has 10 heteroatoms. The van der Waals surface area contributed by atoms with Gasteiger partial charge in [0.05, 0.1) is 14.9 Å². The molecule has 2 N–H and O–H groups in total. The van der Waals surface area contributed by atoms with Gasteiger partial charge < -0.3 is 20.1 Å². The lowest BCUT2D eigenvalue weighted by Crippen LogP contribution is -2.38. The van der Waals surface area contributed by atoms with Gasteiger partial charge in [0.25, 0.3) is 5.56 Å². The SMILES string of the molecule is C=c1[nH]c(=O)/c(=C/c2ccnc(N3CCC(CNCc4cnc(N5CCCCC5)nc4)CC3)n2)s1. The van der Waals surface area contributed by atoms with E-state index in [0.29, 0.717) is 15.1 Å². The minimum absolute atomic E-state index is 0.127. The number of hydrogen-bond acceptors (Lipinski definition) is 9. The van der Waals surface area contributed by atoms with Crippen LogP contribution in [0.5, 0.6) is 0 Å². The van der Waals surface area contributed by atoms with Gasteiger partial charge in [0, 0.05) is 56.9 Å². The van der Waals surface area contributed by atoms with Crippen molar-refractivity contribution in [2.75, 3.05) is 42.5 Å². The van der Waals surface area contributed by atoms with Gasteiger partial charge in [-0.15, -0.1) is 11.3 Å². The summed E-state index contributed by atoms with van der Waals surface area (Å²) < 4.78 is 1.25. The van der Waals surface area contributed by atoms with Crippen molar-refractivity contribution >= 4 is 35.9 Å². The maximum Gasteiger partial charge on any atom is 0.266 e. The number of nitrogens with one attached hydrogen (secondary N) is 2. The van der Waals surface area contributed by atoms with Gasteiger partial charge in [-0.2, -0.15) is 0 Å². The highest BCUT2D eigenvalue weighted by Crippen LogP contribution is 2.20. The van der Waals surface area contributed by atoms with Gasteiger partial charge in [0.2, 0.25) is 11.9 Å². The lowest BCUT2D eigenvalue weighted by atomic mass is 9.97. The Morgan fingerprint density at radius 2 is 1.80 bits per heavy atom. The number of nitrogens with zero attached hydrogens (tertiary/aromatic N) is 6. The molecule has 0 bridgehead atoms. The Morgan fingerprint density at radius 3 is 2.51 bits per heavy atom. The lowest BCUT2D eigenvalue weighted by Gasteiger charge is -2.32. The summed E-state index contributed by atoms with van der Waals surface area (Å²) in [6.07, 6.45) is 13.4. The van der Waals surface area contributed by atoms with Gasteiger partial charge in [-0.3, -0.25) is 4.79 Å². The molecule has 3 aromatic rings. The van der Waals surface area contributed by atoms with E-state index >= 15 is 0 Å². The summed E-state index contributed by atoms with van der Waals surface area (Å²) in [5.41, 5.74) is 1.73. The second-order valence-electron chi connectivity index (χ2n) is 9.27. The second-order valence-corrected chi connectivity index (χ2v) is 10.4.